The molecule has 2 aliphatic heterocycles. The molecule has 1 fully saturated rings. The van der Waals surface area contributed by atoms with Crippen molar-refractivity contribution in [2.24, 2.45) is 0 Å². The quantitative estimate of drug-likeness (QED) is 0.478. The van der Waals surface area contributed by atoms with Crippen molar-refractivity contribution in [1.29, 1.82) is 0 Å². The molecule has 0 spiro atoms. The average Bonchev–Trinajstić information content (AvgIpc) is 2.77. The van der Waals surface area contributed by atoms with Crippen LogP contribution in [0, 0.1) is 13.8 Å². The molecule has 2 aromatic rings. The molecule has 0 saturated carbocycles. The molecule has 6 heteroatoms. The second-order valence-electron chi connectivity index (χ2n) is 8.01. The molecule has 1 aromatic carbocycles. The molecular formula is C24H24N4O2. The Morgan fingerprint density at radius 3 is 2.57 bits per heavy atom. The number of hydrogen-bond donors (Lipinski definition) is 0. The highest BCUT2D eigenvalue weighted by Gasteiger charge is 2.25. The summed E-state index contributed by atoms with van der Waals surface area (Å²) in [7, 11) is 2.13. The Kier molecular flexibility index (Phi) is 4.51. The number of aromatic nitrogens is 2. The summed E-state index contributed by atoms with van der Waals surface area (Å²) < 4.78 is 6.24. The van der Waals surface area contributed by atoms with Crippen molar-refractivity contribution in [2.75, 3.05) is 38.1 Å². The molecule has 30 heavy (non-hydrogen) atoms. The summed E-state index contributed by atoms with van der Waals surface area (Å²) in [5.41, 5.74) is 5.11. The van der Waals surface area contributed by atoms with Gasteiger partial charge in [0.25, 0.3) is 0 Å². The lowest BCUT2D eigenvalue weighted by Crippen LogP contribution is -2.44. The molecule has 0 unspecified atom stereocenters. The summed E-state index contributed by atoms with van der Waals surface area (Å²) in [4.78, 5) is 27.3. The molecule has 0 amide bonds. The van der Waals surface area contributed by atoms with Gasteiger partial charge in [-0.05, 0) is 56.3 Å². The van der Waals surface area contributed by atoms with Gasteiger partial charge in [0.1, 0.15) is 17.0 Å². The van der Waals surface area contributed by atoms with Crippen LogP contribution in [0.4, 0.5) is 5.82 Å². The van der Waals surface area contributed by atoms with Crippen LogP contribution in [0.5, 0.6) is 0 Å². The number of para-hydroxylation sites is 2. The zero-order chi connectivity index (χ0) is 20.8. The van der Waals surface area contributed by atoms with Crippen molar-refractivity contribution < 1.29 is 4.42 Å². The van der Waals surface area contributed by atoms with Crippen molar-refractivity contribution >= 4 is 16.9 Å². The van der Waals surface area contributed by atoms with Gasteiger partial charge >= 0.3 is 0 Å². The molecule has 0 radical (unpaired) electrons. The van der Waals surface area contributed by atoms with Crippen LogP contribution in [0.25, 0.3) is 33.7 Å². The van der Waals surface area contributed by atoms with Crippen LogP contribution >= 0.6 is 0 Å². The molecule has 6 nitrogen and oxygen atoms in total. The van der Waals surface area contributed by atoms with Crippen molar-refractivity contribution in [3.05, 3.63) is 63.9 Å². The minimum absolute atomic E-state index is 0.0173. The van der Waals surface area contributed by atoms with E-state index < -0.39 is 0 Å². The van der Waals surface area contributed by atoms with Gasteiger partial charge in [-0.1, -0.05) is 12.1 Å². The second kappa shape index (κ2) is 7.22. The summed E-state index contributed by atoms with van der Waals surface area (Å²) in [6.07, 6.45) is 1.78. The first-order chi connectivity index (χ1) is 14.5. The maximum atomic E-state index is 13.3. The highest BCUT2D eigenvalue weighted by molar-refractivity contribution is 5.86. The normalized spacial score (nSPS) is 15.2. The summed E-state index contributed by atoms with van der Waals surface area (Å²) in [5, 5.41) is 0. The largest absolute Gasteiger partial charge is 0.452 e. The maximum absolute atomic E-state index is 13.3. The van der Waals surface area contributed by atoms with E-state index in [0.717, 1.165) is 54.3 Å². The van der Waals surface area contributed by atoms with E-state index in [2.05, 4.69) is 21.8 Å². The Labute approximate surface area is 175 Å². The number of hydrogen-bond acceptors (Lipinski definition) is 6. The summed E-state index contributed by atoms with van der Waals surface area (Å²) in [6, 6.07) is 11.5. The van der Waals surface area contributed by atoms with E-state index in [-0.39, 0.29) is 5.43 Å². The van der Waals surface area contributed by atoms with Gasteiger partial charge in [0.2, 0.25) is 0 Å². The van der Waals surface area contributed by atoms with Crippen LogP contribution in [0.15, 0.2) is 51.8 Å². The molecule has 1 aromatic heterocycles. The van der Waals surface area contributed by atoms with Gasteiger partial charge in [-0.3, -0.25) is 4.79 Å². The van der Waals surface area contributed by atoms with Crippen molar-refractivity contribution in [3.8, 4) is 22.6 Å². The molecule has 152 valence electrons. The summed E-state index contributed by atoms with van der Waals surface area (Å²) >= 11 is 0. The number of likely N-dealkylation sites (N-methyl/N-ethyl adjacent to an activating group) is 1. The molecule has 5 rings (SSSR count). The van der Waals surface area contributed by atoms with Gasteiger partial charge in [-0.25, -0.2) is 9.97 Å². The Bertz CT molecular complexity index is 1270. The van der Waals surface area contributed by atoms with Gasteiger partial charge < -0.3 is 14.2 Å². The minimum atomic E-state index is -0.0173. The fourth-order valence-electron chi connectivity index (χ4n) is 4.07. The van der Waals surface area contributed by atoms with Crippen molar-refractivity contribution in [2.45, 2.75) is 13.8 Å². The van der Waals surface area contributed by atoms with Crippen LogP contribution < -0.4 is 10.3 Å². The van der Waals surface area contributed by atoms with E-state index in [0.29, 0.717) is 22.5 Å². The number of anilines is 1. The first-order valence-corrected chi connectivity index (χ1v) is 10.3. The number of pyridine rings is 1. The number of rotatable bonds is 2. The van der Waals surface area contributed by atoms with E-state index in [4.69, 9.17) is 9.40 Å². The van der Waals surface area contributed by atoms with Crippen molar-refractivity contribution in [1.82, 2.24) is 14.9 Å². The molecule has 0 N–H and O–H groups in total. The topological polar surface area (TPSA) is 62.5 Å². The SMILES string of the molecule is Cc1c2nc3ccccc3oc-2c(-c2ccnc(N3CCN(C)CC3)c2)c(=O)c1C. The van der Waals surface area contributed by atoms with Gasteiger partial charge in [-0.2, -0.15) is 0 Å². The Morgan fingerprint density at radius 2 is 1.77 bits per heavy atom. The van der Waals surface area contributed by atoms with E-state index in [1.54, 1.807) is 6.20 Å². The van der Waals surface area contributed by atoms with Gasteiger partial charge in [-0.15, -0.1) is 0 Å². The molecule has 3 heterocycles. The lowest BCUT2D eigenvalue weighted by Gasteiger charge is -2.33. The lowest BCUT2D eigenvalue weighted by atomic mass is 9.94. The Morgan fingerprint density at radius 1 is 1.00 bits per heavy atom. The minimum Gasteiger partial charge on any atom is -0.452 e. The molecular weight excluding hydrogens is 376 g/mol. The third-order valence-electron chi connectivity index (χ3n) is 6.10. The molecule has 1 saturated heterocycles. The highest BCUT2D eigenvalue weighted by atomic mass is 16.3. The summed E-state index contributed by atoms with van der Waals surface area (Å²) in [5.74, 6) is 1.43. The van der Waals surface area contributed by atoms with Crippen LogP contribution in [0.2, 0.25) is 0 Å². The zero-order valence-corrected chi connectivity index (χ0v) is 17.5. The second-order valence-corrected chi connectivity index (χ2v) is 8.01. The highest BCUT2D eigenvalue weighted by Crippen LogP contribution is 2.36. The van der Waals surface area contributed by atoms with Crippen LogP contribution in [-0.4, -0.2) is 48.1 Å². The van der Waals surface area contributed by atoms with E-state index in [9.17, 15) is 4.79 Å². The number of fused-ring (bicyclic) bond motifs is 2. The number of piperazine rings is 1. The van der Waals surface area contributed by atoms with Gasteiger partial charge in [0, 0.05) is 37.9 Å². The first kappa shape index (κ1) is 18.8. The standard InChI is InChI=1S/C24H24N4O2/c1-15-16(2)23(29)21(24-22(15)26-18-6-4-5-7-19(18)30-24)17-8-9-25-20(14-17)28-12-10-27(3)11-13-28/h4-9,14H,10-13H2,1-3H3. The third kappa shape index (κ3) is 3.04. The van der Waals surface area contributed by atoms with Crippen LogP contribution in [0.3, 0.4) is 0 Å². The fourth-order valence-corrected chi connectivity index (χ4v) is 4.07. The first-order valence-electron chi connectivity index (χ1n) is 10.3. The fraction of sp³-hybridized carbons (Fsp3) is 0.292. The smallest absolute Gasteiger partial charge is 0.193 e. The Hall–Kier alpha value is -3.25. The zero-order valence-electron chi connectivity index (χ0n) is 17.5. The van der Waals surface area contributed by atoms with E-state index >= 15 is 0 Å². The monoisotopic (exact) mass is 400 g/mol. The molecule has 0 bridgehead atoms. The predicted molar refractivity (Wildman–Crippen MR) is 119 cm³/mol. The number of benzene rings is 2. The van der Waals surface area contributed by atoms with Crippen LogP contribution in [-0.2, 0) is 0 Å². The third-order valence-corrected chi connectivity index (χ3v) is 6.10. The summed E-state index contributed by atoms with van der Waals surface area (Å²) in [6.45, 7) is 7.62. The molecule has 0 atom stereocenters. The lowest BCUT2D eigenvalue weighted by molar-refractivity contribution is 0.312. The predicted octanol–water partition coefficient (Wildman–Crippen LogP) is 3.72. The number of nitrogens with zero attached hydrogens (tertiary/aromatic N) is 4. The molecule has 3 aliphatic rings. The van der Waals surface area contributed by atoms with Gasteiger partial charge in [0.05, 0.1) is 5.56 Å². The molecule has 1 aliphatic carbocycles. The average molecular weight is 400 g/mol. The van der Waals surface area contributed by atoms with E-state index in [1.807, 2.05) is 50.2 Å². The Balaban J connectivity index is 1.72. The van der Waals surface area contributed by atoms with E-state index in [1.165, 1.54) is 0 Å². The van der Waals surface area contributed by atoms with Crippen molar-refractivity contribution in [3.63, 3.8) is 0 Å². The van der Waals surface area contributed by atoms with Crippen LogP contribution in [0.1, 0.15) is 11.1 Å². The maximum Gasteiger partial charge on any atom is 0.193 e. The van der Waals surface area contributed by atoms with Gasteiger partial charge in [0.15, 0.2) is 16.8 Å².